The number of rotatable bonds is 9. The highest BCUT2D eigenvalue weighted by Gasteiger charge is 2.37. The van der Waals surface area contributed by atoms with Gasteiger partial charge in [-0.15, -0.1) is 0 Å². The predicted molar refractivity (Wildman–Crippen MR) is 146 cm³/mol. The molecule has 0 spiro atoms. The zero-order valence-electron chi connectivity index (χ0n) is 21.8. The fourth-order valence-corrected chi connectivity index (χ4v) is 5.35. The molecular weight excluding hydrogens is 444 g/mol. The molecule has 4 nitrogen and oxygen atoms in total. The van der Waals surface area contributed by atoms with E-state index in [-0.39, 0.29) is 23.3 Å². The Kier molecular flexibility index (Phi) is 8.37. The highest BCUT2D eigenvalue weighted by molar-refractivity contribution is 6.09. The highest BCUT2D eigenvalue weighted by atomic mass is 16.1. The first kappa shape index (κ1) is 25.8. The van der Waals surface area contributed by atoms with E-state index in [1.165, 1.54) is 11.1 Å². The van der Waals surface area contributed by atoms with Crippen molar-refractivity contribution in [3.05, 3.63) is 107 Å². The van der Waals surface area contributed by atoms with E-state index < -0.39 is 0 Å². The Balaban J connectivity index is 1.28. The molecule has 1 aliphatic carbocycles. The van der Waals surface area contributed by atoms with Crippen LogP contribution in [0, 0.1) is 6.92 Å². The number of amides is 1. The third-order valence-electron chi connectivity index (χ3n) is 7.75. The molecular formula is C32H38N2O2. The van der Waals surface area contributed by atoms with Crippen LogP contribution in [0.3, 0.4) is 0 Å². The Morgan fingerprint density at radius 1 is 0.861 bits per heavy atom. The minimum atomic E-state index is 0.0131. The molecule has 0 heterocycles. The molecule has 3 aromatic rings. The Bertz CT molecular complexity index is 1160. The molecule has 36 heavy (non-hydrogen) atoms. The van der Waals surface area contributed by atoms with Gasteiger partial charge in [0, 0.05) is 29.1 Å². The lowest BCUT2D eigenvalue weighted by molar-refractivity contribution is -0.122. The third-order valence-corrected chi connectivity index (χ3v) is 7.75. The monoisotopic (exact) mass is 482 g/mol. The Morgan fingerprint density at radius 3 is 2.19 bits per heavy atom. The Labute approximate surface area is 215 Å². The lowest BCUT2D eigenvalue weighted by Gasteiger charge is -2.45. The van der Waals surface area contributed by atoms with Gasteiger partial charge in [-0.3, -0.25) is 9.59 Å². The number of nitrogens with zero attached hydrogens (tertiary/aromatic N) is 1. The van der Waals surface area contributed by atoms with Crippen molar-refractivity contribution < 1.29 is 9.59 Å². The van der Waals surface area contributed by atoms with Crippen LogP contribution in [0.15, 0.2) is 78.9 Å². The van der Waals surface area contributed by atoms with Gasteiger partial charge in [-0.1, -0.05) is 78.4 Å². The summed E-state index contributed by atoms with van der Waals surface area (Å²) in [7, 11) is 4.37. The van der Waals surface area contributed by atoms with Gasteiger partial charge in [-0.2, -0.15) is 0 Å². The number of ketones is 1. The number of hydrogen-bond acceptors (Lipinski definition) is 3. The van der Waals surface area contributed by atoms with E-state index in [4.69, 9.17) is 0 Å². The average Bonchev–Trinajstić information content (AvgIpc) is 2.90. The lowest BCUT2D eigenvalue weighted by atomic mass is 9.74. The van der Waals surface area contributed by atoms with Crippen molar-refractivity contribution in [2.75, 3.05) is 14.1 Å². The maximum Gasteiger partial charge on any atom is 0.220 e. The molecule has 0 atom stereocenters. The summed E-state index contributed by atoms with van der Waals surface area (Å²) in [6.07, 6.45) is 6.24. The molecule has 0 aliphatic heterocycles. The molecule has 0 saturated heterocycles. The molecule has 4 heteroatoms. The van der Waals surface area contributed by atoms with Crippen molar-refractivity contribution in [3.8, 4) is 0 Å². The lowest BCUT2D eigenvalue weighted by Crippen LogP contribution is -2.52. The first-order chi connectivity index (χ1) is 17.3. The second-order valence-electron chi connectivity index (χ2n) is 10.5. The fraction of sp³-hybridized carbons (Fsp3) is 0.375. The SMILES string of the molecule is Cc1ccc(CC2(N(C)C)CCC(NC(=O)CCc3cccc(C(=O)c4ccccc4)c3)CC2)cc1. The number of carbonyl (C=O) groups excluding carboxylic acids is 2. The fourth-order valence-electron chi connectivity index (χ4n) is 5.35. The van der Waals surface area contributed by atoms with Crippen LogP contribution < -0.4 is 5.32 Å². The predicted octanol–water partition coefficient (Wildman–Crippen LogP) is 5.76. The minimum Gasteiger partial charge on any atom is -0.353 e. The molecule has 4 rings (SSSR count). The summed E-state index contributed by atoms with van der Waals surface area (Å²) in [6, 6.07) is 26.1. The second kappa shape index (κ2) is 11.7. The molecule has 0 unspecified atom stereocenters. The molecule has 1 aliphatic rings. The van der Waals surface area contributed by atoms with Crippen LogP contribution >= 0.6 is 0 Å². The normalized spacial score (nSPS) is 19.7. The van der Waals surface area contributed by atoms with Crippen LogP contribution in [-0.4, -0.2) is 42.3 Å². The molecule has 3 aromatic carbocycles. The van der Waals surface area contributed by atoms with Gasteiger partial charge in [0.15, 0.2) is 5.78 Å². The van der Waals surface area contributed by atoms with Crippen molar-refractivity contribution in [1.82, 2.24) is 10.2 Å². The summed E-state index contributed by atoms with van der Waals surface area (Å²) in [5.41, 5.74) is 5.17. The summed E-state index contributed by atoms with van der Waals surface area (Å²) in [6.45, 7) is 2.13. The molecule has 1 amide bonds. The van der Waals surface area contributed by atoms with Gasteiger partial charge >= 0.3 is 0 Å². The molecule has 0 bridgehead atoms. The summed E-state index contributed by atoms with van der Waals surface area (Å²) in [4.78, 5) is 27.9. The van der Waals surface area contributed by atoms with E-state index in [2.05, 4.69) is 55.5 Å². The van der Waals surface area contributed by atoms with Crippen LogP contribution in [0.5, 0.6) is 0 Å². The van der Waals surface area contributed by atoms with Crippen LogP contribution in [-0.2, 0) is 17.6 Å². The first-order valence-corrected chi connectivity index (χ1v) is 13.1. The molecule has 188 valence electrons. The van der Waals surface area contributed by atoms with E-state index in [1.54, 1.807) is 0 Å². The van der Waals surface area contributed by atoms with Crippen LogP contribution in [0.25, 0.3) is 0 Å². The van der Waals surface area contributed by atoms with E-state index in [1.807, 2.05) is 54.6 Å². The largest absolute Gasteiger partial charge is 0.353 e. The van der Waals surface area contributed by atoms with Crippen LogP contribution in [0.2, 0.25) is 0 Å². The smallest absolute Gasteiger partial charge is 0.220 e. The average molecular weight is 483 g/mol. The van der Waals surface area contributed by atoms with Gasteiger partial charge in [-0.25, -0.2) is 0 Å². The van der Waals surface area contributed by atoms with Gasteiger partial charge in [0.05, 0.1) is 0 Å². The minimum absolute atomic E-state index is 0.0131. The van der Waals surface area contributed by atoms with E-state index in [0.29, 0.717) is 24.0 Å². The Hall–Kier alpha value is -3.24. The molecule has 1 saturated carbocycles. The number of benzene rings is 3. The number of carbonyl (C=O) groups is 2. The van der Waals surface area contributed by atoms with Crippen molar-refractivity contribution in [2.24, 2.45) is 0 Å². The summed E-state index contributed by atoms with van der Waals surface area (Å²) >= 11 is 0. The second-order valence-corrected chi connectivity index (χ2v) is 10.5. The van der Waals surface area contributed by atoms with Crippen molar-refractivity contribution >= 4 is 11.7 Å². The summed E-state index contributed by atoms with van der Waals surface area (Å²) in [5.74, 6) is 0.106. The third kappa shape index (κ3) is 6.50. The number of likely N-dealkylation sites (N-methyl/N-ethyl adjacent to an activating group) is 1. The van der Waals surface area contributed by atoms with Gasteiger partial charge in [-0.05, 0) is 76.7 Å². The topological polar surface area (TPSA) is 49.4 Å². The van der Waals surface area contributed by atoms with E-state index in [0.717, 1.165) is 37.7 Å². The summed E-state index contributed by atoms with van der Waals surface area (Å²) < 4.78 is 0. The quantitative estimate of drug-likeness (QED) is 0.395. The van der Waals surface area contributed by atoms with Gasteiger partial charge < -0.3 is 10.2 Å². The molecule has 1 fully saturated rings. The number of nitrogens with one attached hydrogen (secondary N) is 1. The van der Waals surface area contributed by atoms with E-state index >= 15 is 0 Å². The van der Waals surface area contributed by atoms with Crippen molar-refractivity contribution in [1.29, 1.82) is 0 Å². The maximum atomic E-state index is 12.8. The van der Waals surface area contributed by atoms with E-state index in [9.17, 15) is 9.59 Å². The standard InChI is InChI=1S/C32H38N2O2/c1-24-12-14-26(15-13-24)23-32(34(2)3)20-18-29(19-21-32)33-30(35)17-16-25-8-7-11-28(22-25)31(36)27-9-5-4-6-10-27/h4-15,22,29H,16-21,23H2,1-3H3,(H,33,35). The highest BCUT2D eigenvalue weighted by Crippen LogP contribution is 2.35. The van der Waals surface area contributed by atoms with Crippen molar-refractivity contribution in [2.45, 2.75) is 63.5 Å². The molecule has 0 radical (unpaired) electrons. The zero-order chi connectivity index (χ0) is 25.5. The van der Waals surface area contributed by atoms with Crippen LogP contribution in [0.4, 0.5) is 0 Å². The van der Waals surface area contributed by atoms with Crippen molar-refractivity contribution in [3.63, 3.8) is 0 Å². The number of hydrogen-bond donors (Lipinski definition) is 1. The first-order valence-electron chi connectivity index (χ1n) is 13.1. The Morgan fingerprint density at radius 2 is 1.53 bits per heavy atom. The van der Waals surface area contributed by atoms with Gasteiger partial charge in [0.25, 0.3) is 0 Å². The van der Waals surface area contributed by atoms with Gasteiger partial charge in [0.1, 0.15) is 0 Å². The molecule has 1 N–H and O–H groups in total. The zero-order valence-corrected chi connectivity index (χ0v) is 21.8. The maximum absolute atomic E-state index is 12.8. The summed E-state index contributed by atoms with van der Waals surface area (Å²) in [5, 5.41) is 3.28. The molecule has 0 aromatic heterocycles. The van der Waals surface area contributed by atoms with Gasteiger partial charge in [0.2, 0.25) is 5.91 Å². The number of aryl methyl sites for hydroxylation is 2. The van der Waals surface area contributed by atoms with Crippen LogP contribution in [0.1, 0.15) is 64.7 Å².